The van der Waals surface area contributed by atoms with Gasteiger partial charge in [-0.3, -0.25) is 4.72 Å². The first kappa shape index (κ1) is 19.5. The summed E-state index contributed by atoms with van der Waals surface area (Å²) in [6, 6.07) is 16.4. The van der Waals surface area contributed by atoms with Crippen LogP contribution in [-0.4, -0.2) is 44.6 Å². The third kappa shape index (κ3) is 4.60. The minimum absolute atomic E-state index is 0.0890. The van der Waals surface area contributed by atoms with Gasteiger partial charge in [0.25, 0.3) is 10.0 Å². The molecule has 0 amide bonds. The number of sulfonamides is 1. The van der Waals surface area contributed by atoms with Crippen LogP contribution >= 0.6 is 11.6 Å². The Labute approximate surface area is 175 Å². The van der Waals surface area contributed by atoms with Crippen molar-refractivity contribution in [2.45, 2.75) is 4.90 Å². The molecule has 7 nitrogen and oxygen atoms in total. The van der Waals surface area contributed by atoms with Gasteiger partial charge >= 0.3 is 0 Å². The van der Waals surface area contributed by atoms with Gasteiger partial charge in [0.1, 0.15) is 0 Å². The highest BCUT2D eigenvalue weighted by Crippen LogP contribution is 2.21. The maximum absolute atomic E-state index is 12.5. The molecule has 0 radical (unpaired) electrons. The van der Waals surface area contributed by atoms with Gasteiger partial charge in [0.15, 0.2) is 0 Å². The van der Waals surface area contributed by atoms with E-state index in [0.29, 0.717) is 16.7 Å². The lowest BCUT2D eigenvalue weighted by atomic mass is 10.2. The molecule has 0 saturated carbocycles. The Morgan fingerprint density at radius 3 is 2.17 bits per heavy atom. The van der Waals surface area contributed by atoms with Gasteiger partial charge in [0.05, 0.1) is 23.0 Å². The average molecular weight is 430 g/mol. The lowest BCUT2D eigenvalue weighted by molar-refractivity contribution is 0.601. The van der Waals surface area contributed by atoms with Crippen molar-refractivity contribution in [2.24, 2.45) is 0 Å². The molecule has 1 aromatic heterocycles. The number of hydrogen-bond acceptors (Lipinski definition) is 6. The molecule has 1 aliphatic rings. The van der Waals surface area contributed by atoms with Crippen molar-refractivity contribution in [3.63, 3.8) is 0 Å². The van der Waals surface area contributed by atoms with Crippen LogP contribution in [0.3, 0.4) is 0 Å². The first-order valence-electron chi connectivity index (χ1n) is 9.17. The normalized spacial score (nSPS) is 14.7. The van der Waals surface area contributed by atoms with E-state index in [9.17, 15) is 8.42 Å². The second kappa shape index (κ2) is 8.26. The number of nitrogens with one attached hydrogen (secondary N) is 1. The van der Waals surface area contributed by atoms with Crippen molar-refractivity contribution in [1.29, 1.82) is 0 Å². The van der Waals surface area contributed by atoms with Gasteiger partial charge in [0, 0.05) is 36.9 Å². The van der Waals surface area contributed by atoms with Gasteiger partial charge in [0.2, 0.25) is 5.95 Å². The van der Waals surface area contributed by atoms with Gasteiger partial charge in [-0.15, -0.1) is 0 Å². The summed E-state index contributed by atoms with van der Waals surface area (Å²) in [5.41, 5.74) is 1.51. The van der Waals surface area contributed by atoms with Gasteiger partial charge in [-0.25, -0.2) is 18.4 Å². The van der Waals surface area contributed by atoms with Crippen LogP contribution in [0.2, 0.25) is 5.02 Å². The number of halogens is 1. The number of nitrogens with zero attached hydrogens (tertiary/aromatic N) is 4. The number of aromatic nitrogens is 2. The molecule has 1 aliphatic heterocycles. The lowest BCUT2D eigenvalue weighted by Gasteiger charge is -2.36. The maximum atomic E-state index is 12.5. The molecule has 1 fully saturated rings. The quantitative estimate of drug-likeness (QED) is 0.670. The fourth-order valence-electron chi connectivity index (χ4n) is 3.19. The Kier molecular flexibility index (Phi) is 5.55. The fraction of sp³-hybridized carbons (Fsp3) is 0.200. The van der Waals surface area contributed by atoms with Crippen molar-refractivity contribution in [3.8, 4) is 0 Å². The Bertz CT molecular complexity index is 1070. The number of piperazine rings is 1. The molecule has 0 spiro atoms. The number of rotatable bonds is 5. The summed E-state index contributed by atoms with van der Waals surface area (Å²) in [5, 5.41) is 0.356. The maximum Gasteiger partial charge on any atom is 0.262 e. The summed E-state index contributed by atoms with van der Waals surface area (Å²) in [4.78, 5) is 13.2. The Morgan fingerprint density at radius 2 is 1.52 bits per heavy atom. The minimum Gasteiger partial charge on any atom is -0.368 e. The number of benzene rings is 2. The summed E-state index contributed by atoms with van der Waals surface area (Å²) in [6.07, 6.45) is 2.96. The number of para-hydroxylation sites is 1. The summed E-state index contributed by atoms with van der Waals surface area (Å²) in [7, 11) is -3.75. The minimum atomic E-state index is -3.75. The molecule has 1 N–H and O–H groups in total. The fourth-order valence-corrected chi connectivity index (χ4v) is 4.52. The topological polar surface area (TPSA) is 78.4 Å². The highest BCUT2D eigenvalue weighted by atomic mass is 35.5. The van der Waals surface area contributed by atoms with Crippen LogP contribution < -0.4 is 14.5 Å². The predicted molar refractivity (Wildman–Crippen MR) is 115 cm³/mol. The van der Waals surface area contributed by atoms with Gasteiger partial charge in [-0.05, 0) is 30.3 Å². The van der Waals surface area contributed by atoms with Crippen molar-refractivity contribution < 1.29 is 8.42 Å². The van der Waals surface area contributed by atoms with E-state index in [1.165, 1.54) is 30.2 Å². The van der Waals surface area contributed by atoms with Crippen LogP contribution in [0.1, 0.15) is 0 Å². The second-order valence-corrected chi connectivity index (χ2v) is 8.76. The lowest BCUT2D eigenvalue weighted by Crippen LogP contribution is -2.47. The van der Waals surface area contributed by atoms with E-state index in [1.54, 1.807) is 12.1 Å². The summed E-state index contributed by atoms with van der Waals surface area (Å²) in [5.74, 6) is 0.586. The molecular weight excluding hydrogens is 410 g/mol. The molecule has 3 aromatic rings. The van der Waals surface area contributed by atoms with E-state index >= 15 is 0 Å². The molecule has 0 unspecified atom stereocenters. The molecule has 0 atom stereocenters. The van der Waals surface area contributed by atoms with Crippen LogP contribution in [0.4, 0.5) is 17.3 Å². The van der Waals surface area contributed by atoms with Crippen LogP contribution in [0, 0.1) is 0 Å². The zero-order valence-electron chi connectivity index (χ0n) is 15.6. The van der Waals surface area contributed by atoms with Crippen molar-refractivity contribution in [2.75, 3.05) is 40.7 Å². The summed E-state index contributed by atoms with van der Waals surface area (Å²) in [6.45, 7) is 3.33. The van der Waals surface area contributed by atoms with E-state index in [1.807, 2.05) is 18.2 Å². The van der Waals surface area contributed by atoms with Crippen molar-refractivity contribution >= 4 is 38.9 Å². The first-order chi connectivity index (χ1) is 14.0. The zero-order chi connectivity index (χ0) is 20.3. The highest BCUT2D eigenvalue weighted by molar-refractivity contribution is 7.92. The van der Waals surface area contributed by atoms with Gasteiger partial charge < -0.3 is 9.80 Å². The van der Waals surface area contributed by atoms with Crippen LogP contribution in [0.5, 0.6) is 0 Å². The molecule has 0 bridgehead atoms. The Balaban J connectivity index is 1.40. The molecule has 4 rings (SSSR count). The van der Waals surface area contributed by atoms with Crippen LogP contribution in [-0.2, 0) is 10.0 Å². The van der Waals surface area contributed by atoms with Crippen LogP contribution in [0.25, 0.3) is 0 Å². The Hall–Kier alpha value is -2.84. The molecule has 29 heavy (non-hydrogen) atoms. The monoisotopic (exact) mass is 429 g/mol. The first-order valence-corrected chi connectivity index (χ1v) is 11.0. The number of hydrogen-bond donors (Lipinski definition) is 1. The van der Waals surface area contributed by atoms with Gasteiger partial charge in [-0.2, -0.15) is 0 Å². The largest absolute Gasteiger partial charge is 0.368 e. The van der Waals surface area contributed by atoms with Crippen LogP contribution in [0.15, 0.2) is 71.9 Å². The molecular formula is C20H20ClN5O2S. The number of anilines is 3. The summed E-state index contributed by atoms with van der Waals surface area (Å²) >= 11 is 5.88. The third-order valence-electron chi connectivity index (χ3n) is 4.68. The molecule has 9 heteroatoms. The highest BCUT2D eigenvalue weighted by Gasteiger charge is 2.20. The van der Waals surface area contributed by atoms with E-state index in [4.69, 9.17) is 11.6 Å². The molecule has 150 valence electrons. The summed E-state index contributed by atoms with van der Waals surface area (Å²) < 4.78 is 27.4. The average Bonchev–Trinajstić information content (AvgIpc) is 2.75. The van der Waals surface area contributed by atoms with E-state index in [0.717, 1.165) is 26.2 Å². The van der Waals surface area contributed by atoms with Crippen molar-refractivity contribution in [3.05, 3.63) is 72.0 Å². The van der Waals surface area contributed by atoms with E-state index in [-0.39, 0.29) is 4.90 Å². The van der Waals surface area contributed by atoms with Gasteiger partial charge in [-0.1, -0.05) is 35.9 Å². The third-order valence-corrected chi connectivity index (χ3v) is 6.29. The Morgan fingerprint density at radius 1 is 0.862 bits per heavy atom. The van der Waals surface area contributed by atoms with E-state index in [2.05, 4.69) is 36.6 Å². The SMILES string of the molecule is O=S(=O)(Nc1cnc(N2CCN(c3ccccc3)CC2)nc1)c1cccc(Cl)c1. The second-order valence-electron chi connectivity index (χ2n) is 6.64. The molecule has 0 aliphatic carbocycles. The zero-order valence-corrected chi connectivity index (χ0v) is 17.1. The van der Waals surface area contributed by atoms with E-state index < -0.39 is 10.0 Å². The molecule has 2 aromatic carbocycles. The smallest absolute Gasteiger partial charge is 0.262 e. The molecule has 1 saturated heterocycles. The van der Waals surface area contributed by atoms with Crippen molar-refractivity contribution in [1.82, 2.24) is 9.97 Å². The standard InChI is InChI=1S/C20H20ClN5O2S/c21-16-5-4-8-19(13-16)29(27,28)24-17-14-22-20(23-15-17)26-11-9-25(10-12-26)18-6-2-1-3-7-18/h1-8,13-15,24H,9-12H2. The molecule has 2 heterocycles. The predicted octanol–water partition coefficient (Wildman–Crippen LogP) is 3.26.